The zero-order valence-corrected chi connectivity index (χ0v) is 24.5. The van der Waals surface area contributed by atoms with Crippen LogP contribution in [0.25, 0.3) is 0 Å². The molecule has 9 nitrogen and oxygen atoms in total. The maximum absolute atomic E-state index is 14.0. The number of carbonyl (C=O) groups is 2. The second-order valence-corrected chi connectivity index (χ2v) is 10.6. The van der Waals surface area contributed by atoms with Crippen LogP contribution >= 0.6 is 0 Å². The van der Waals surface area contributed by atoms with E-state index in [1.807, 2.05) is 55.5 Å². The van der Waals surface area contributed by atoms with Crippen LogP contribution in [0.1, 0.15) is 39.5 Å². The Labute approximate surface area is 247 Å². The molecule has 3 aromatic rings. The van der Waals surface area contributed by atoms with Crippen LogP contribution in [0, 0.1) is 6.92 Å². The molecule has 1 fully saturated rings. The fraction of sp³-hybridized carbons (Fsp3) is 0.364. The molecule has 2 heterocycles. The van der Waals surface area contributed by atoms with Gasteiger partial charge in [-0.1, -0.05) is 29.8 Å². The second-order valence-electron chi connectivity index (χ2n) is 10.6. The highest BCUT2D eigenvalue weighted by molar-refractivity contribution is 6.04. The molecular formula is C33H38N4O5. The first-order chi connectivity index (χ1) is 20.4. The summed E-state index contributed by atoms with van der Waals surface area (Å²) in [7, 11) is 3.22. The van der Waals surface area contributed by atoms with Gasteiger partial charge in [0.15, 0.2) is 0 Å². The highest BCUT2D eigenvalue weighted by Crippen LogP contribution is 2.33. The molecule has 220 valence electrons. The van der Waals surface area contributed by atoms with Crippen molar-refractivity contribution in [2.45, 2.75) is 19.4 Å². The largest absolute Gasteiger partial charge is 0.497 e. The van der Waals surface area contributed by atoms with Gasteiger partial charge in [0, 0.05) is 38.2 Å². The Morgan fingerprint density at radius 1 is 0.905 bits per heavy atom. The van der Waals surface area contributed by atoms with Crippen LogP contribution in [0.15, 0.2) is 77.9 Å². The predicted molar refractivity (Wildman–Crippen MR) is 161 cm³/mol. The maximum Gasteiger partial charge on any atom is 0.262 e. The Bertz CT molecular complexity index is 1380. The molecule has 42 heavy (non-hydrogen) atoms. The number of aryl methyl sites for hydroxylation is 1. The summed E-state index contributed by atoms with van der Waals surface area (Å²) in [6.45, 7) is 5.95. The molecular weight excluding hydrogens is 532 g/mol. The van der Waals surface area contributed by atoms with Gasteiger partial charge in [0.2, 0.25) is 0 Å². The number of morpholine rings is 1. The molecule has 9 heteroatoms. The molecule has 0 radical (unpaired) electrons. The molecule has 0 saturated carbocycles. The monoisotopic (exact) mass is 570 g/mol. The van der Waals surface area contributed by atoms with Gasteiger partial charge in [-0.2, -0.15) is 5.10 Å². The van der Waals surface area contributed by atoms with E-state index in [4.69, 9.17) is 19.3 Å². The first kappa shape index (κ1) is 29.3. The van der Waals surface area contributed by atoms with Crippen LogP contribution < -0.4 is 9.47 Å². The molecule has 2 amide bonds. The number of carbonyl (C=O) groups excluding carboxylic acids is 2. The summed E-state index contributed by atoms with van der Waals surface area (Å²) in [6, 6.07) is 22.6. The zero-order valence-electron chi connectivity index (χ0n) is 24.5. The van der Waals surface area contributed by atoms with Crippen LogP contribution in [-0.4, -0.2) is 92.5 Å². The SMILES string of the molecule is COc1ccc(C(=O)N(CCN2CCOCC2)CC(=O)N2N=C(c3ccc(OC)cc3)C[C@H]2c2ccc(C)cc2)cc1. The van der Waals surface area contributed by atoms with Crippen molar-refractivity contribution in [3.05, 3.63) is 95.1 Å². The van der Waals surface area contributed by atoms with Crippen molar-refractivity contribution >= 4 is 17.5 Å². The molecule has 1 atom stereocenters. The number of amides is 2. The van der Waals surface area contributed by atoms with Gasteiger partial charge in [-0.15, -0.1) is 0 Å². The van der Waals surface area contributed by atoms with Gasteiger partial charge in [-0.05, 0) is 66.6 Å². The highest BCUT2D eigenvalue weighted by atomic mass is 16.5. The van der Waals surface area contributed by atoms with Gasteiger partial charge >= 0.3 is 0 Å². The number of hydrazone groups is 1. The van der Waals surface area contributed by atoms with Crippen molar-refractivity contribution in [2.24, 2.45) is 5.10 Å². The third-order valence-electron chi connectivity index (χ3n) is 7.79. The van der Waals surface area contributed by atoms with E-state index in [0.717, 1.165) is 41.2 Å². The van der Waals surface area contributed by atoms with Crippen LogP contribution in [0.3, 0.4) is 0 Å². The molecule has 0 aromatic heterocycles. The number of ether oxygens (including phenoxy) is 3. The summed E-state index contributed by atoms with van der Waals surface area (Å²) in [6.07, 6.45) is 0.571. The minimum Gasteiger partial charge on any atom is -0.497 e. The third-order valence-corrected chi connectivity index (χ3v) is 7.79. The van der Waals surface area contributed by atoms with Crippen LogP contribution in [0.4, 0.5) is 0 Å². The molecule has 0 spiro atoms. The van der Waals surface area contributed by atoms with Gasteiger partial charge in [-0.25, -0.2) is 5.01 Å². The quantitative estimate of drug-likeness (QED) is 0.364. The summed E-state index contributed by atoms with van der Waals surface area (Å²) in [4.78, 5) is 31.6. The Hall–Kier alpha value is -4.21. The summed E-state index contributed by atoms with van der Waals surface area (Å²) >= 11 is 0. The lowest BCUT2D eigenvalue weighted by molar-refractivity contribution is -0.133. The fourth-order valence-corrected chi connectivity index (χ4v) is 5.24. The van der Waals surface area contributed by atoms with Crippen molar-refractivity contribution in [2.75, 3.05) is 60.2 Å². The van der Waals surface area contributed by atoms with E-state index >= 15 is 0 Å². The van der Waals surface area contributed by atoms with E-state index < -0.39 is 0 Å². The van der Waals surface area contributed by atoms with Gasteiger partial charge in [0.25, 0.3) is 11.8 Å². The predicted octanol–water partition coefficient (Wildman–Crippen LogP) is 4.16. The average molecular weight is 571 g/mol. The normalized spacial score (nSPS) is 17.1. The Kier molecular flexibility index (Phi) is 9.51. The molecule has 0 unspecified atom stereocenters. The zero-order chi connectivity index (χ0) is 29.5. The number of nitrogens with zero attached hydrogens (tertiary/aromatic N) is 4. The van der Waals surface area contributed by atoms with Gasteiger partial charge in [0.1, 0.15) is 18.0 Å². The van der Waals surface area contributed by atoms with Crippen molar-refractivity contribution in [1.29, 1.82) is 0 Å². The average Bonchev–Trinajstić information content (AvgIpc) is 3.49. The van der Waals surface area contributed by atoms with E-state index in [1.54, 1.807) is 48.4 Å². The summed E-state index contributed by atoms with van der Waals surface area (Å²) in [5.41, 5.74) is 4.40. The molecule has 3 aromatic carbocycles. The molecule has 5 rings (SSSR count). The molecule has 2 aliphatic heterocycles. The minimum absolute atomic E-state index is 0.0864. The lowest BCUT2D eigenvalue weighted by Gasteiger charge is -2.31. The summed E-state index contributed by atoms with van der Waals surface area (Å²) in [5.74, 6) is 0.992. The van der Waals surface area contributed by atoms with Gasteiger partial charge in [0.05, 0.1) is 39.2 Å². The van der Waals surface area contributed by atoms with Crippen molar-refractivity contribution < 1.29 is 23.8 Å². The van der Waals surface area contributed by atoms with E-state index in [1.165, 1.54) is 0 Å². The Morgan fingerprint density at radius 3 is 2.14 bits per heavy atom. The Balaban J connectivity index is 1.40. The lowest BCUT2D eigenvalue weighted by atomic mass is 9.97. The molecule has 2 aliphatic rings. The highest BCUT2D eigenvalue weighted by Gasteiger charge is 2.34. The number of rotatable bonds is 10. The first-order valence-electron chi connectivity index (χ1n) is 14.3. The molecule has 1 saturated heterocycles. The first-order valence-corrected chi connectivity index (χ1v) is 14.3. The van der Waals surface area contributed by atoms with E-state index in [-0.39, 0.29) is 24.4 Å². The topological polar surface area (TPSA) is 83.9 Å². The minimum atomic E-state index is -0.271. The molecule has 0 N–H and O–H groups in total. The number of hydrogen-bond donors (Lipinski definition) is 0. The fourth-order valence-electron chi connectivity index (χ4n) is 5.24. The van der Waals surface area contributed by atoms with Gasteiger partial charge < -0.3 is 19.1 Å². The maximum atomic E-state index is 14.0. The standard InChI is InChI=1S/C33H38N4O5/c1-24-4-6-26(7-5-24)31-22-30(25-8-12-28(40-2)13-9-25)34-37(31)32(38)23-36(17-16-35-18-20-42-21-19-35)33(39)27-10-14-29(41-3)15-11-27/h4-15,31H,16-23H2,1-3H3/t31-/m0/s1. The number of benzene rings is 3. The van der Waals surface area contributed by atoms with Crippen molar-refractivity contribution in [3.8, 4) is 11.5 Å². The summed E-state index contributed by atoms with van der Waals surface area (Å²) < 4.78 is 16.1. The molecule has 0 bridgehead atoms. The van der Waals surface area contributed by atoms with E-state index in [2.05, 4.69) is 4.90 Å². The Morgan fingerprint density at radius 2 is 1.52 bits per heavy atom. The smallest absolute Gasteiger partial charge is 0.262 e. The van der Waals surface area contributed by atoms with Crippen LogP contribution in [0.2, 0.25) is 0 Å². The summed E-state index contributed by atoms with van der Waals surface area (Å²) in [5, 5.41) is 6.39. The van der Waals surface area contributed by atoms with Crippen LogP contribution in [0.5, 0.6) is 11.5 Å². The van der Waals surface area contributed by atoms with Gasteiger partial charge in [-0.3, -0.25) is 14.5 Å². The lowest BCUT2D eigenvalue weighted by Crippen LogP contribution is -2.46. The van der Waals surface area contributed by atoms with E-state index in [9.17, 15) is 9.59 Å². The second kappa shape index (κ2) is 13.6. The molecule has 0 aliphatic carbocycles. The van der Waals surface area contributed by atoms with Crippen LogP contribution in [-0.2, 0) is 9.53 Å². The number of hydrogen-bond acceptors (Lipinski definition) is 7. The van der Waals surface area contributed by atoms with Crippen molar-refractivity contribution in [1.82, 2.24) is 14.8 Å². The van der Waals surface area contributed by atoms with E-state index in [0.29, 0.717) is 44.0 Å². The van der Waals surface area contributed by atoms with Crippen molar-refractivity contribution in [3.63, 3.8) is 0 Å². The third kappa shape index (κ3) is 6.98. The number of methoxy groups -OCH3 is 2.